The number of hydrogen-bond acceptors (Lipinski definition) is 5. The predicted molar refractivity (Wildman–Crippen MR) is 128 cm³/mol. The van der Waals surface area contributed by atoms with Gasteiger partial charge in [-0.05, 0) is 53.9 Å². The first kappa shape index (κ1) is 20.9. The van der Waals surface area contributed by atoms with Crippen LogP contribution in [-0.2, 0) is 27.4 Å². The maximum Gasteiger partial charge on any atom is 0.278 e. The van der Waals surface area contributed by atoms with Crippen molar-refractivity contribution in [3.8, 4) is 11.1 Å². The summed E-state index contributed by atoms with van der Waals surface area (Å²) in [7, 11) is 2.07. The summed E-state index contributed by atoms with van der Waals surface area (Å²) in [5.41, 5.74) is 6.92. The summed E-state index contributed by atoms with van der Waals surface area (Å²) in [6.07, 6.45) is 0.905. The summed E-state index contributed by atoms with van der Waals surface area (Å²) in [4.78, 5) is 32.5. The molecule has 2 heterocycles. The highest BCUT2D eigenvalue weighted by atomic mass is 16.6. The van der Waals surface area contributed by atoms with Gasteiger partial charge in [-0.2, -0.15) is 0 Å². The maximum atomic E-state index is 12.8. The van der Waals surface area contributed by atoms with E-state index in [9.17, 15) is 9.59 Å². The third kappa shape index (κ3) is 4.23. The van der Waals surface area contributed by atoms with Crippen molar-refractivity contribution in [3.05, 3.63) is 83.4 Å². The number of hydrogen-bond donors (Lipinski definition) is 2. The lowest BCUT2D eigenvalue weighted by molar-refractivity contribution is -0.120. The highest BCUT2D eigenvalue weighted by molar-refractivity contribution is 6.54. The molecule has 0 atom stereocenters. The molecule has 5 rings (SSSR count). The maximum absolute atomic E-state index is 12.8. The molecule has 0 unspecified atom stereocenters. The number of fused-ring (bicyclic) bond motifs is 3. The first-order valence-corrected chi connectivity index (χ1v) is 10.9. The molecule has 0 aliphatic carbocycles. The number of para-hydroxylation sites is 1. The second-order valence-electron chi connectivity index (χ2n) is 8.24. The van der Waals surface area contributed by atoms with Gasteiger partial charge in [0.05, 0.1) is 5.69 Å². The fourth-order valence-electron chi connectivity index (χ4n) is 4.36. The van der Waals surface area contributed by atoms with Crippen molar-refractivity contribution in [3.63, 3.8) is 0 Å². The molecule has 0 spiro atoms. The van der Waals surface area contributed by atoms with Gasteiger partial charge in [0.15, 0.2) is 12.3 Å². The van der Waals surface area contributed by atoms with E-state index in [1.165, 1.54) is 5.56 Å². The number of rotatable bonds is 5. The first-order valence-electron chi connectivity index (χ1n) is 10.9. The molecule has 0 saturated heterocycles. The number of oxime groups is 1. The van der Waals surface area contributed by atoms with Crippen LogP contribution >= 0.6 is 0 Å². The van der Waals surface area contributed by atoms with Gasteiger partial charge in [-0.1, -0.05) is 53.7 Å². The zero-order valence-electron chi connectivity index (χ0n) is 18.3. The van der Waals surface area contributed by atoms with Gasteiger partial charge in [0.1, 0.15) is 0 Å². The van der Waals surface area contributed by atoms with Crippen LogP contribution in [0.1, 0.15) is 16.7 Å². The van der Waals surface area contributed by atoms with E-state index in [2.05, 4.69) is 39.9 Å². The van der Waals surface area contributed by atoms with Crippen LogP contribution in [0.25, 0.3) is 11.1 Å². The zero-order chi connectivity index (χ0) is 22.8. The van der Waals surface area contributed by atoms with Gasteiger partial charge in [-0.3, -0.25) is 9.59 Å². The largest absolute Gasteiger partial charge is 0.385 e. The Morgan fingerprint density at radius 2 is 1.79 bits per heavy atom. The van der Waals surface area contributed by atoms with Gasteiger partial charge in [0.2, 0.25) is 0 Å². The molecule has 7 nitrogen and oxygen atoms in total. The minimum atomic E-state index is -0.346. The molecular formula is C26H24N4O3. The molecule has 0 bridgehead atoms. The van der Waals surface area contributed by atoms with Gasteiger partial charge in [-0.15, -0.1) is 0 Å². The summed E-state index contributed by atoms with van der Waals surface area (Å²) in [6.45, 7) is 1.41. The van der Waals surface area contributed by atoms with Crippen molar-refractivity contribution < 1.29 is 14.4 Å². The molecule has 2 N–H and O–H groups in total. The third-order valence-electron chi connectivity index (χ3n) is 5.92. The van der Waals surface area contributed by atoms with E-state index in [-0.39, 0.29) is 24.1 Å². The molecule has 3 aromatic carbocycles. The molecule has 2 amide bonds. The molecule has 2 aliphatic rings. The fourth-order valence-corrected chi connectivity index (χ4v) is 4.36. The van der Waals surface area contributed by atoms with E-state index in [0.717, 1.165) is 41.9 Å². The number of anilines is 2. The minimum Gasteiger partial charge on any atom is -0.385 e. The van der Waals surface area contributed by atoms with Crippen LogP contribution in [0.5, 0.6) is 0 Å². The summed E-state index contributed by atoms with van der Waals surface area (Å²) >= 11 is 0. The molecule has 0 radical (unpaired) electrons. The normalized spacial score (nSPS) is 16.2. The van der Waals surface area contributed by atoms with Crippen molar-refractivity contribution >= 4 is 28.9 Å². The lowest BCUT2D eigenvalue weighted by Gasteiger charge is -2.29. The molecule has 0 saturated carbocycles. The molecule has 166 valence electrons. The number of nitrogens with one attached hydrogen (secondary N) is 2. The Morgan fingerprint density at radius 3 is 2.55 bits per heavy atom. The number of amides is 2. The molecule has 0 fully saturated rings. The van der Waals surface area contributed by atoms with Gasteiger partial charge >= 0.3 is 0 Å². The van der Waals surface area contributed by atoms with Crippen LogP contribution in [0.2, 0.25) is 0 Å². The Bertz CT molecular complexity index is 1240. The van der Waals surface area contributed by atoms with Crippen molar-refractivity contribution in [2.75, 3.05) is 30.8 Å². The third-order valence-corrected chi connectivity index (χ3v) is 5.92. The molecule has 2 aliphatic heterocycles. The highest BCUT2D eigenvalue weighted by Crippen LogP contribution is 2.40. The number of nitrogens with zero attached hydrogens (tertiary/aromatic N) is 2. The van der Waals surface area contributed by atoms with Crippen LogP contribution in [-0.4, -0.2) is 42.6 Å². The number of benzene rings is 3. The van der Waals surface area contributed by atoms with E-state index in [1.807, 2.05) is 42.5 Å². The average Bonchev–Trinajstić information content (AvgIpc) is 3.15. The Kier molecular flexibility index (Phi) is 5.62. The zero-order valence-corrected chi connectivity index (χ0v) is 18.3. The predicted octanol–water partition coefficient (Wildman–Crippen LogP) is 3.65. The minimum absolute atomic E-state index is 0.186. The number of carbonyl (C=O) groups is 2. The summed E-state index contributed by atoms with van der Waals surface area (Å²) in [6, 6.07) is 21.3. The first-order chi connectivity index (χ1) is 16.1. The van der Waals surface area contributed by atoms with E-state index >= 15 is 0 Å². The summed E-state index contributed by atoms with van der Waals surface area (Å²) < 4.78 is 0. The van der Waals surface area contributed by atoms with Crippen molar-refractivity contribution in [1.82, 2.24) is 4.90 Å². The standard InChI is InChI=1S/C26H24N4O3/c1-30-13-12-19-20(17-8-4-2-5-9-17)14-21-24(22(19)15-30)28-26(32)25(21)29-33-16-23(31)27-18-10-6-3-7-11-18/h2-11,14H,12-13,15-16H2,1H3,(H,27,31)(H,28,29,32). The molecule has 3 aromatic rings. The number of carbonyl (C=O) groups excluding carboxylic acids is 2. The van der Waals surface area contributed by atoms with Crippen molar-refractivity contribution in [1.29, 1.82) is 0 Å². The monoisotopic (exact) mass is 440 g/mol. The second-order valence-corrected chi connectivity index (χ2v) is 8.24. The lowest BCUT2D eigenvalue weighted by atomic mass is 9.87. The topological polar surface area (TPSA) is 83.0 Å². The van der Waals surface area contributed by atoms with E-state index in [0.29, 0.717) is 11.3 Å². The van der Waals surface area contributed by atoms with Crippen molar-refractivity contribution in [2.24, 2.45) is 5.16 Å². The van der Waals surface area contributed by atoms with Crippen LogP contribution in [0.15, 0.2) is 71.9 Å². The molecular weight excluding hydrogens is 416 g/mol. The van der Waals surface area contributed by atoms with Gasteiger partial charge < -0.3 is 20.4 Å². The van der Waals surface area contributed by atoms with Gasteiger partial charge in [0, 0.05) is 24.3 Å². The van der Waals surface area contributed by atoms with Gasteiger partial charge in [0.25, 0.3) is 11.8 Å². The molecule has 33 heavy (non-hydrogen) atoms. The SMILES string of the molecule is CN1CCc2c(-c3ccccc3)cc3c(c2C1)NC(=O)C3=NOCC(=O)Nc1ccccc1. The highest BCUT2D eigenvalue weighted by Gasteiger charge is 2.33. The Labute approximate surface area is 192 Å². The number of likely N-dealkylation sites (N-methyl/N-ethyl adjacent to an activating group) is 1. The van der Waals surface area contributed by atoms with E-state index in [1.54, 1.807) is 12.1 Å². The van der Waals surface area contributed by atoms with Crippen molar-refractivity contribution in [2.45, 2.75) is 13.0 Å². The van der Waals surface area contributed by atoms with Crippen LogP contribution in [0, 0.1) is 0 Å². The van der Waals surface area contributed by atoms with Crippen LogP contribution in [0.4, 0.5) is 11.4 Å². The van der Waals surface area contributed by atoms with E-state index in [4.69, 9.17) is 4.84 Å². The average molecular weight is 441 g/mol. The summed E-state index contributed by atoms with van der Waals surface area (Å²) in [5.74, 6) is -0.671. The Balaban J connectivity index is 1.44. The second kappa shape index (κ2) is 8.88. The van der Waals surface area contributed by atoms with Crippen LogP contribution in [0.3, 0.4) is 0 Å². The Morgan fingerprint density at radius 1 is 1.06 bits per heavy atom. The molecule has 7 heteroatoms. The molecule has 0 aromatic heterocycles. The summed E-state index contributed by atoms with van der Waals surface area (Å²) in [5, 5.41) is 9.77. The lowest BCUT2D eigenvalue weighted by Crippen LogP contribution is -2.27. The smallest absolute Gasteiger partial charge is 0.278 e. The van der Waals surface area contributed by atoms with Crippen LogP contribution < -0.4 is 10.6 Å². The van der Waals surface area contributed by atoms with E-state index < -0.39 is 0 Å². The fraction of sp³-hybridized carbons (Fsp3) is 0.192. The van der Waals surface area contributed by atoms with Gasteiger partial charge in [-0.25, -0.2) is 0 Å². The Hall–Kier alpha value is -3.97. The quantitative estimate of drug-likeness (QED) is 0.594.